The molecule has 0 unspecified atom stereocenters. The molecule has 2 aromatic rings. The fraction of sp³-hybridized carbons (Fsp3) is 0.133. The summed E-state index contributed by atoms with van der Waals surface area (Å²) in [7, 11) is -6.25. The van der Waals surface area contributed by atoms with Crippen LogP contribution in [-0.2, 0) is 22.5 Å². The van der Waals surface area contributed by atoms with Crippen LogP contribution in [0.2, 0.25) is 0 Å². The summed E-state index contributed by atoms with van der Waals surface area (Å²) in [4.78, 5) is 12.1. The largest absolute Gasteiger partial charge is 0.298 e. The zero-order chi connectivity index (χ0) is 17.6. The maximum absolute atomic E-state index is 12.0. The van der Waals surface area contributed by atoms with Crippen molar-refractivity contribution in [3.05, 3.63) is 60.7 Å². The summed E-state index contributed by atoms with van der Waals surface area (Å²) in [5, 5.41) is 0. The van der Waals surface area contributed by atoms with Crippen molar-refractivity contribution < 1.29 is 21.6 Å². The minimum Gasteiger partial charge on any atom is -0.298 e. The van der Waals surface area contributed by atoms with Gasteiger partial charge in [-0.05, 0) is 45.9 Å². The van der Waals surface area contributed by atoms with E-state index >= 15 is 0 Å². The van der Waals surface area contributed by atoms with Crippen molar-refractivity contribution in [1.82, 2.24) is 0 Å². The van der Waals surface area contributed by atoms with Gasteiger partial charge in [-0.25, -0.2) is 16.8 Å². The molecule has 0 saturated carbocycles. The van der Waals surface area contributed by atoms with Crippen LogP contribution in [-0.4, -0.2) is 34.1 Å². The molecule has 0 atom stereocenters. The lowest BCUT2D eigenvalue weighted by atomic mass is 10.4. The quantitative estimate of drug-likeness (QED) is 0.628. The van der Waals surface area contributed by atoms with E-state index < -0.39 is 23.5 Å². The van der Waals surface area contributed by atoms with Crippen LogP contribution in [0.1, 0.15) is 0 Å². The van der Waals surface area contributed by atoms with Crippen molar-refractivity contribution >= 4 is 45.1 Å². The van der Waals surface area contributed by atoms with Gasteiger partial charge < -0.3 is 0 Å². The summed E-state index contributed by atoms with van der Waals surface area (Å²) < 4.78 is 48.2. The maximum Gasteiger partial charge on any atom is 0.230 e. The first-order valence-electron chi connectivity index (χ1n) is 6.72. The first-order chi connectivity index (χ1) is 11.3. The molecule has 0 aromatic heterocycles. The van der Waals surface area contributed by atoms with E-state index in [1.165, 1.54) is 24.3 Å². The fourth-order valence-electron chi connectivity index (χ4n) is 1.64. The van der Waals surface area contributed by atoms with Crippen molar-refractivity contribution in [2.24, 2.45) is 0 Å². The Morgan fingerprint density at radius 3 is 1.33 bits per heavy atom. The highest BCUT2D eigenvalue weighted by atomic mass is 33.1. The number of hydrogen-bond donors (Lipinski definition) is 0. The Balaban J connectivity index is 1.90. The smallest absolute Gasteiger partial charge is 0.230 e. The summed E-state index contributed by atoms with van der Waals surface area (Å²) in [6.07, 6.45) is 0. The van der Waals surface area contributed by atoms with Crippen molar-refractivity contribution in [2.45, 2.75) is 9.79 Å². The van der Waals surface area contributed by atoms with Gasteiger partial charge in [0, 0.05) is 0 Å². The molecule has 0 bridgehead atoms. The van der Waals surface area contributed by atoms with E-state index in [9.17, 15) is 21.6 Å². The Bertz CT molecular complexity index is 816. The zero-order valence-electron chi connectivity index (χ0n) is 12.4. The Kier molecular flexibility index (Phi) is 6.50. The van der Waals surface area contributed by atoms with Crippen LogP contribution in [0.3, 0.4) is 0 Å². The van der Waals surface area contributed by atoms with Crippen LogP contribution < -0.4 is 0 Å². The second-order valence-electron chi connectivity index (χ2n) is 4.60. The zero-order valence-corrected chi connectivity index (χ0v) is 15.6. The molecule has 5 nitrogen and oxygen atoms in total. The van der Waals surface area contributed by atoms with Crippen LogP contribution in [0.15, 0.2) is 70.5 Å². The summed E-state index contributed by atoms with van der Waals surface area (Å²) in [5.41, 5.74) is 0. The summed E-state index contributed by atoms with van der Waals surface area (Å²) in [5.74, 6) is -1.05. The van der Waals surface area contributed by atoms with Gasteiger partial charge in [0.2, 0.25) is 17.7 Å². The highest BCUT2D eigenvalue weighted by Gasteiger charge is 2.20. The Hall–Kier alpha value is -1.29. The van der Waals surface area contributed by atoms with E-state index in [0.29, 0.717) is 21.6 Å². The standard InChI is InChI=1S/C15H14O5S4/c16-13(11-21-23(17,18)14-7-3-1-4-8-14)12-22-24(19,20)15-9-5-2-6-10-15/h1-10H,11-12H2. The summed E-state index contributed by atoms with van der Waals surface area (Å²) in [6, 6.07) is 15.6. The number of benzene rings is 2. The van der Waals surface area contributed by atoms with E-state index in [1.54, 1.807) is 36.4 Å². The number of hydrogen-bond acceptors (Lipinski definition) is 7. The predicted octanol–water partition coefficient (Wildman–Crippen LogP) is 2.80. The first-order valence-corrected chi connectivity index (χ1v) is 12.7. The van der Waals surface area contributed by atoms with Gasteiger partial charge in [-0.2, -0.15) is 0 Å². The molecule has 0 heterocycles. The van der Waals surface area contributed by atoms with Crippen LogP contribution >= 0.6 is 21.6 Å². The lowest BCUT2D eigenvalue weighted by molar-refractivity contribution is -0.114. The SMILES string of the molecule is O=C(CSS(=O)(=O)c1ccccc1)CSS(=O)(=O)c1ccccc1. The average Bonchev–Trinajstić information content (AvgIpc) is 2.60. The normalized spacial score (nSPS) is 12.0. The van der Waals surface area contributed by atoms with Crippen LogP contribution in [0.25, 0.3) is 0 Å². The second-order valence-corrected chi connectivity index (χ2v) is 12.5. The van der Waals surface area contributed by atoms with E-state index in [1.807, 2.05) is 0 Å². The third-order valence-electron chi connectivity index (χ3n) is 2.81. The highest BCUT2D eigenvalue weighted by Crippen LogP contribution is 2.26. The van der Waals surface area contributed by atoms with E-state index in [0.717, 1.165) is 0 Å². The molecular formula is C15H14O5S4. The molecule has 24 heavy (non-hydrogen) atoms. The second kappa shape index (κ2) is 8.19. The minimum absolute atomic E-state index is 0.118. The molecule has 0 saturated heterocycles. The van der Waals surface area contributed by atoms with Gasteiger partial charge in [0.05, 0.1) is 21.3 Å². The first kappa shape index (κ1) is 19.0. The number of Topliss-reactive ketones (excluding diaryl/α,β-unsaturated/α-hetero) is 1. The maximum atomic E-state index is 12.0. The van der Waals surface area contributed by atoms with E-state index in [2.05, 4.69) is 0 Å². The molecule has 0 aliphatic carbocycles. The molecule has 0 radical (unpaired) electrons. The summed E-state index contributed by atoms with van der Waals surface area (Å²) in [6.45, 7) is 0. The van der Waals surface area contributed by atoms with Gasteiger partial charge in [0.25, 0.3) is 0 Å². The number of rotatable bonds is 8. The van der Waals surface area contributed by atoms with Gasteiger partial charge in [0.1, 0.15) is 0 Å². The minimum atomic E-state index is -3.62. The molecule has 128 valence electrons. The summed E-state index contributed by atoms with van der Waals surface area (Å²) >= 11 is 0. The molecule has 0 amide bonds. The fourth-order valence-corrected chi connectivity index (χ4v) is 7.00. The Morgan fingerprint density at radius 1 is 0.667 bits per heavy atom. The topological polar surface area (TPSA) is 85.3 Å². The van der Waals surface area contributed by atoms with Crippen molar-refractivity contribution in [1.29, 1.82) is 0 Å². The number of ketones is 1. The molecule has 0 aliphatic rings. The van der Waals surface area contributed by atoms with E-state index in [-0.39, 0.29) is 21.3 Å². The molecule has 0 aliphatic heterocycles. The molecule has 0 N–H and O–H groups in total. The lowest BCUT2D eigenvalue weighted by Gasteiger charge is -2.04. The molecule has 0 spiro atoms. The van der Waals surface area contributed by atoms with Gasteiger partial charge in [-0.3, -0.25) is 4.79 Å². The average molecular weight is 403 g/mol. The van der Waals surface area contributed by atoms with E-state index in [4.69, 9.17) is 0 Å². The van der Waals surface area contributed by atoms with Crippen molar-refractivity contribution in [2.75, 3.05) is 11.5 Å². The highest BCUT2D eigenvalue weighted by molar-refractivity contribution is 8.73. The van der Waals surface area contributed by atoms with Gasteiger partial charge in [-0.15, -0.1) is 0 Å². The number of carbonyl (C=O) groups excluding carboxylic acids is 1. The third kappa shape index (κ3) is 5.37. The van der Waals surface area contributed by atoms with Crippen molar-refractivity contribution in [3.8, 4) is 0 Å². The predicted molar refractivity (Wildman–Crippen MR) is 97.2 cm³/mol. The Labute approximate surface area is 148 Å². The molecular weight excluding hydrogens is 388 g/mol. The van der Waals surface area contributed by atoms with Crippen molar-refractivity contribution in [3.63, 3.8) is 0 Å². The number of carbonyl (C=O) groups is 1. The van der Waals surface area contributed by atoms with Gasteiger partial charge >= 0.3 is 0 Å². The Morgan fingerprint density at radius 2 is 1.00 bits per heavy atom. The monoisotopic (exact) mass is 402 g/mol. The molecule has 2 rings (SSSR count). The molecule has 0 fully saturated rings. The van der Waals surface area contributed by atoms with Gasteiger partial charge in [-0.1, -0.05) is 36.4 Å². The molecule has 9 heteroatoms. The third-order valence-corrected chi connectivity index (χ3v) is 9.74. The van der Waals surface area contributed by atoms with Gasteiger partial charge in [0.15, 0.2) is 5.78 Å². The van der Waals surface area contributed by atoms with Crippen LogP contribution in [0.5, 0.6) is 0 Å². The molecule has 2 aromatic carbocycles. The van der Waals surface area contributed by atoms with Crippen LogP contribution in [0.4, 0.5) is 0 Å². The van der Waals surface area contributed by atoms with Crippen LogP contribution in [0, 0.1) is 0 Å². The lowest BCUT2D eigenvalue weighted by Crippen LogP contribution is -2.10.